The SMILES string of the molecule is C=C/C(=C(Cl)\C=C/C)[N+](=O)[O-]. The molecule has 0 aliphatic carbocycles. The summed E-state index contributed by atoms with van der Waals surface area (Å²) in [5.41, 5.74) is -0.176. The lowest BCUT2D eigenvalue weighted by Gasteiger charge is -1.90. The van der Waals surface area contributed by atoms with Crippen LogP contribution in [0, 0.1) is 10.1 Å². The third-order valence-electron chi connectivity index (χ3n) is 0.948. The molecule has 0 bridgehead atoms. The van der Waals surface area contributed by atoms with E-state index in [1.54, 1.807) is 13.0 Å². The van der Waals surface area contributed by atoms with Gasteiger partial charge in [0.05, 0.1) is 4.92 Å². The van der Waals surface area contributed by atoms with E-state index in [9.17, 15) is 10.1 Å². The van der Waals surface area contributed by atoms with Crippen LogP contribution in [0.1, 0.15) is 6.92 Å². The second-order valence-electron chi connectivity index (χ2n) is 1.69. The molecule has 0 heterocycles. The van der Waals surface area contributed by atoms with Crippen molar-refractivity contribution in [3.8, 4) is 0 Å². The summed E-state index contributed by atoms with van der Waals surface area (Å²) in [6.07, 6.45) is 4.18. The standard InChI is InChI=1S/C7H8ClNO2/c1-3-5-6(8)7(4-2)9(10)11/h3-5H,2H2,1H3/b5-3-,7-6-. The Kier molecular flexibility index (Phi) is 4.22. The summed E-state index contributed by atoms with van der Waals surface area (Å²) in [4.78, 5) is 9.63. The number of nitrogens with zero attached hydrogens (tertiary/aromatic N) is 1. The predicted octanol–water partition coefficient (Wildman–Crippen LogP) is 2.48. The van der Waals surface area contributed by atoms with E-state index < -0.39 is 4.92 Å². The second-order valence-corrected chi connectivity index (χ2v) is 2.10. The van der Waals surface area contributed by atoms with E-state index in [0.717, 1.165) is 6.08 Å². The third kappa shape index (κ3) is 3.00. The lowest BCUT2D eigenvalue weighted by atomic mass is 10.3. The van der Waals surface area contributed by atoms with Gasteiger partial charge in [-0.2, -0.15) is 0 Å². The van der Waals surface area contributed by atoms with Crippen LogP contribution < -0.4 is 0 Å². The zero-order chi connectivity index (χ0) is 8.85. The number of rotatable bonds is 3. The molecule has 60 valence electrons. The Hall–Kier alpha value is -1.09. The predicted molar refractivity (Wildman–Crippen MR) is 44.9 cm³/mol. The van der Waals surface area contributed by atoms with Gasteiger partial charge in [-0.25, -0.2) is 0 Å². The first-order valence-electron chi connectivity index (χ1n) is 2.92. The molecule has 0 saturated carbocycles. The fourth-order valence-corrected chi connectivity index (χ4v) is 0.763. The zero-order valence-corrected chi connectivity index (χ0v) is 6.84. The van der Waals surface area contributed by atoms with E-state index in [1.807, 2.05) is 0 Å². The van der Waals surface area contributed by atoms with Crippen molar-refractivity contribution in [3.05, 3.63) is 45.7 Å². The average Bonchev–Trinajstić information content (AvgIpc) is 1.88. The van der Waals surface area contributed by atoms with Gasteiger partial charge in [-0.05, 0) is 13.0 Å². The summed E-state index contributed by atoms with van der Waals surface area (Å²) in [5, 5.41) is 10.3. The second kappa shape index (κ2) is 4.68. The molecule has 11 heavy (non-hydrogen) atoms. The van der Waals surface area contributed by atoms with E-state index in [1.165, 1.54) is 6.08 Å². The topological polar surface area (TPSA) is 43.1 Å². The van der Waals surface area contributed by atoms with Gasteiger partial charge in [0, 0.05) is 6.08 Å². The van der Waals surface area contributed by atoms with Crippen LogP contribution in [-0.4, -0.2) is 4.92 Å². The smallest absolute Gasteiger partial charge is 0.258 e. The molecule has 0 spiro atoms. The van der Waals surface area contributed by atoms with Gasteiger partial charge in [0.1, 0.15) is 5.03 Å². The van der Waals surface area contributed by atoms with Crippen molar-refractivity contribution in [1.82, 2.24) is 0 Å². The normalized spacial score (nSPS) is 12.9. The summed E-state index contributed by atoms with van der Waals surface area (Å²) >= 11 is 5.52. The molecule has 0 atom stereocenters. The lowest BCUT2D eigenvalue weighted by Crippen LogP contribution is -1.96. The Morgan fingerprint density at radius 1 is 1.73 bits per heavy atom. The largest absolute Gasteiger partial charge is 0.287 e. The molecular formula is C7H8ClNO2. The summed E-state index contributed by atoms with van der Waals surface area (Å²) in [6.45, 7) is 4.99. The number of hydrogen-bond donors (Lipinski definition) is 0. The van der Waals surface area contributed by atoms with Crippen molar-refractivity contribution < 1.29 is 4.92 Å². The Morgan fingerprint density at radius 2 is 2.27 bits per heavy atom. The highest BCUT2D eigenvalue weighted by atomic mass is 35.5. The van der Waals surface area contributed by atoms with Crippen molar-refractivity contribution >= 4 is 11.6 Å². The number of allylic oxidation sites excluding steroid dienone is 4. The van der Waals surface area contributed by atoms with Crippen LogP contribution in [0.2, 0.25) is 0 Å². The van der Waals surface area contributed by atoms with E-state index in [0.29, 0.717) is 0 Å². The Labute approximate surface area is 69.8 Å². The molecule has 4 heteroatoms. The van der Waals surface area contributed by atoms with Crippen LogP contribution >= 0.6 is 11.6 Å². The maximum absolute atomic E-state index is 10.2. The first kappa shape index (κ1) is 9.91. The maximum atomic E-state index is 10.2. The molecular weight excluding hydrogens is 166 g/mol. The van der Waals surface area contributed by atoms with Crippen molar-refractivity contribution in [2.24, 2.45) is 0 Å². The highest BCUT2D eigenvalue weighted by Gasteiger charge is 2.09. The van der Waals surface area contributed by atoms with E-state index in [-0.39, 0.29) is 10.7 Å². The molecule has 0 N–H and O–H groups in total. The minimum absolute atomic E-state index is 0.0903. The minimum Gasteiger partial charge on any atom is -0.258 e. The first-order chi connectivity index (χ1) is 5.13. The van der Waals surface area contributed by atoms with Crippen LogP contribution in [0.5, 0.6) is 0 Å². The lowest BCUT2D eigenvalue weighted by molar-refractivity contribution is -0.419. The van der Waals surface area contributed by atoms with Crippen molar-refractivity contribution in [3.63, 3.8) is 0 Å². The van der Waals surface area contributed by atoms with Crippen molar-refractivity contribution in [1.29, 1.82) is 0 Å². The molecule has 3 nitrogen and oxygen atoms in total. The fraction of sp³-hybridized carbons (Fsp3) is 0.143. The zero-order valence-electron chi connectivity index (χ0n) is 6.08. The summed E-state index contributed by atoms with van der Waals surface area (Å²) in [6, 6.07) is 0. The average molecular weight is 174 g/mol. The van der Waals surface area contributed by atoms with Crippen LogP contribution in [-0.2, 0) is 0 Å². The summed E-state index contributed by atoms with van der Waals surface area (Å²) in [5.74, 6) is 0. The molecule has 0 saturated heterocycles. The van der Waals surface area contributed by atoms with Gasteiger partial charge in [0.25, 0.3) is 5.70 Å². The van der Waals surface area contributed by atoms with E-state index in [4.69, 9.17) is 11.6 Å². The van der Waals surface area contributed by atoms with Gasteiger partial charge >= 0.3 is 0 Å². The van der Waals surface area contributed by atoms with Gasteiger partial charge in [0.15, 0.2) is 0 Å². The number of halogens is 1. The molecule has 0 aromatic heterocycles. The van der Waals surface area contributed by atoms with Crippen LogP contribution in [0.3, 0.4) is 0 Å². The molecule has 0 aromatic carbocycles. The first-order valence-corrected chi connectivity index (χ1v) is 3.30. The Bertz CT molecular complexity index is 231. The minimum atomic E-state index is -0.574. The van der Waals surface area contributed by atoms with Gasteiger partial charge < -0.3 is 0 Å². The van der Waals surface area contributed by atoms with Gasteiger partial charge in [-0.1, -0.05) is 24.3 Å². The Balaban J connectivity index is 4.82. The van der Waals surface area contributed by atoms with Gasteiger partial charge in [0.2, 0.25) is 0 Å². The maximum Gasteiger partial charge on any atom is 0.287 e. The van der Waals surface area contributed by atoms with Crippen molar-refractivity contribution in [2.45, 2.75) is 6.92 Å². The third-order valence-corrected chi connectivity index (χ3v) is 1.27. The molecule has 0 aliphatic heterocycles. The molecule has 0 fully saturated rings. The van der Waals surface area contributed by atoms with E-state index in [2.05, 4.69) is 6.58 Å². The van der Waals surface area contributed by atoms with Crippen LogP contribution in [0.15, 0.2) is 35.5 Å². The fourth-order valence-electron chi connectivity index (χ4n) is 0.491. The number of nitro groups is 1. The molecule has 0 rings (SSSR count). The van der Waals surface area contributed by atoms with E-state index >= 15 is 0 Å². The highest BCUT2D eigenvalue weighted by Crippen LogP contribution is 2.12. The van der Waals surface area contributed by atoms with Gasteiger partial charge in [-0.15, -0.1) is 0 Å². The monoisotopic (exact) mass is 173 g/mol. The summed E-state index contributed by atoms with van der Waals surface area (Å²) < 4.78 is 0. The molecule has 0 amide bonds. The number of hydrogen-bond acceptors (Lipinski definition) is 2. The quantitative estimate of drug-likeness (QED) is 0.374. The summed E-state index contributed by atoms with van der Waals surface area (Å²) in [7, 11) is 0. The highest BCUT2D eigenvalue weighted by molar-refractivity contribution is 6.31. The van der Waals surface area contributed by atoms with Crippen LogP contribution in [0.4, 0.5) is 0 Å². The van der Waals surface area contributed by atoms with Gasteiger partial charge in [-0.3, -0.25) is 10.1 Å². The molecule has 0 aliphatic rings. The Morgan fingerprint density at radius 3 is 2.55 bits per heavy atom. The van der Waals surface area contributed by atoms with Crippen LogP contribution in [0.25, 0.3) is 0 Å². The molecule has 0 unspecified atom stereocenters. The van der Waals surface area contributed by atoms with Crippen molar-refractivity contribution in [2.75, 3.05) is 0 Å². The molecule has 0 radical (unpaired) electrons. The molecule has 0 aromatic rings.